The molecule has 0 aliphatic carbocycles. The fourth-order valence-corrected chi connectivity index (χ4v) is 3.45. The van der Waals surface area contributed by atoms with Gasteiger partial charge in [0.1, 0.15) is 5.75 Å². The Morgan fingerprint density at radius 1 is 1.28 bits per heavy atom. The molecule has 2 N–H and O–H groups in total. The van der Waals surface area contributed by atoms with Crippen molar-refractivity contribution in [2.24, 2.45) is 0 Å². The lowest BCUT2D eigenvalue weighted by Crippen LogP contribution is -2.25. The van der Waals surface area contributed by atoms with Crippen molar-refractivity contribution in [1.82, 2.24) is 5.32 Å². The van der Waals surface area contributed by atoms with Crippen LogP contribution in [0.2, 0.25) is 0 Å². The van der Waals surface area contributed by atoms with Crippen molar-refractivity contribution in [3.8, 4) is 5.75 Å². The molecule has 1 aliphatic heterocycles. The van der Waals surface area contributed by atoms with Gasteiger partial charge in [0.05, 0.1) is 6.61 Å². The van der Waals surface area contributed by atoms with Crippen LogP contribution >= 0.6 is 11.3 Å². The van der Waals surface area contributed by atoms with Gasteiger partial charge in [0, 0.05) is 30.0 Å². The van der Waals surface area contributed by atoms with Gasteiger partial charge < -0.3 is 15.4 Å². The SMILES string of the molecule is O=C(CCCOc1ccc2c(c1)CCC(=O)N2)NCCc1cccs1. The number of amides is 2. The highest BCUT2D eigenvalue weighted by atomic mass is 32.1. The fourth-order valence-electron chi connectivity index (χ4n) is 2.74. The summed E-state index contributed by atoms with van der Waals surface area (Å²) in [6, 6.07) is 9.79. The number of hydrogen-bond acceptors (Lipinski definition) is 4. The zero-order valence-electron chi connectivity index (χ0n) is 14.0. The highest BCUT2D eigenvalue weighted by Gasteiger charge is 2.15. The first-order valence-corrected chi connectivity index (χ1v) is 9.43. The summed E-state index contributed by atoms with van der Waals surface area (Å²) in [4.78, 5) is 24.4. The van der Waals surface area contributed by atoms with Crippen molar-refractivity contribution in [1.29, 1.82) is 0 Å². The number of rotatable bonds is 8. The Balaban J connectivity index is 1.33. The molecule has 0 unspecified atom stereocenters. The molecule has 6 heteroatoms. The van der Waals surface area contributed by atoms with E-state index in [4.69, 9.17) is 4.74 Å². The predicted octanol–water partition coefficient (Wildman–Crippen LogP) is 3.15. The third-order valence-electron chi connectivity index (χ3n) is 4.06. The quantitative estimate of drug-likeness (QED) is 0.713. The Morgan fingerprint density at radius 3 is 3.04 bits per heavy atom. The summed E-state index contributed by atoms with van der Waals surface area (Å²) >= 11 is 1.71. The Bertz CT molecular complexity index is 728. The fraction of sp³-hybridized carbons (Fsp3) is 0.368. The summed E-state index contributed by atoms with van der Waals surface area (Å²) in [6.45, 7) is 1.18. The summed E-state index contributed by atoms with van der Waals surface area (Å²) in [5.41, 5.74) is 1.97. The summed E-state index contributed by atoms with van der Waals surface area (Å²) in [5.74, 6) is 0.910. The van der Waals surface area contributed by atoms with E-state index in [1.54, 1.807) is 11.3 Å². The second kappa shape index (κ2) is 8.67. The van der Waals surface area contributed by atoms with E-state index in [2.05, 4.69) is 16.7 Å². The molecule has 5 nitrogen and oxygen atoms in total. The largest absolute Gasteiger partial charge is 0.494 e. The smallest absolute Gasteiger partial charge is 0.224 e. The molecular weight excluding hydrogens is 336 g/mol. The predicted molar refractivity (Wildman–Crippen MR) is 99.2 cm³/mol. The van der Waals surface area contributed by atoms with E-state index in [9.17, 15) is 9.59 Å². The number of nitrogens with one attached hydrogen (secondary N) is 2. The Labute approximate surface area is 151 Å². The Morgan fingerprint density at radius 2 is 2.20 bits per heavy atom. The van der Waals surface area contributed by atoms with Crippen LogP contribution in [0.1, 0.15) is 29.7 Å². The standard InChI is InChI=1S/C19H22N2O3S/c22-18(20-10-9-16-3-2-12-25-16)4-1-11-24-15-6-7-17-14(13-15)5-8-19(23)21-17/h2-3,6-7,12-13H,1,4-5,8-11H2,(H,20,22)(H,21,23). The van der Waals surface area contributed by atoms with Crippen molar-refractivity contribution in [2.75, 3.05) is 18.5 Å². The zero-order chi connectivity index (χ0) is 17.5. The van der Waals surface area contributed by atoms with E-state index in [-0.39, 0.29) is 11.8 Å². The van der Waals surface area contributed by atoms with Gasteiger partial charge in [0.25, 0.3) is 0 Å². The van der Waals surface area contributed by atoms with Crippen molar-refractivity contribution >= 4 is 28.8 Å². The minimum absolute atomic E-state index is 0.0614. The molecule has 0 fully saturated rings. The maximum Gasteiger partial charge on any atom is 0.224 e. The molecule has 3 rings (SSSR count). The van der Waals surface area contributed by atoms with E-state index in [0.29, 0.717) is 32.4 Å². The number of carbonyl (C=O) groups is 2. The lowest BCUT2D eigenvalue weighted by molar-refractivity contribution is -0.121. The van der Waals surface area contributed by atoms with Crippen LogP contribution in [0.4, 0.5) is 5.69 Å². The van der Waals surface area contributed by atoms with Gasteiger partial charge in [-0.3, -0.25) is 9.59 Å². The first kappa shape index (κ1) is 17.5. The maximum atomic E-state index is 11.8. The van der Waals surface area contributed by atoms with Gasteiger partial charge in [-0.25, -0.2) is 0 Å². The van der Waals surface area contributed by atoms with Gasteiger partial charge in [-0.15, -0.1) is 11.3 Å². The van der Waals surface area contributed by atoms with Crippen molar-refractivity contribution in [3.63, 3.8) is 0 Å². The minimum Gasteiger partial charge on any atom is -0.494 e. The molecular formula is C19H22N2O3S. The number of thiophene rings is 1. The van der Waals surface area contributed by atoms with E-state index >= 15 is 0 Å². The van der Waals surface area contributed by atoms with Crippen molar-refractivity contribution in [3.05, 3.63) is 46.2 Å². The van der Waals surface area contributed by atoms with Gasteiger partial charge in [-0.1, -0.05) is 6.07 Å². The number of anilines is 1. The molecule has 0 bridgehead atoms. The summed E-state index contributed by atoms with van der Waals surface area (Å²) in [7, 11) is 0. The second-order valence-electron chi connectivity index (χ2n) is 6.00. The van der Waals surface area contributed by atoms with Gasteiger partial charge in [-0.2, -0.15) is 0 Å². The molecule has 0 atom stereocenters. The third kappa shape index (κ3) is 5.32. The van der Waals surface area contributed by atoms with E-state index in [1.165, 1.54) is 4.88 Å². The van der Waals surface area contributed by atoms with E-state index in [1.807, 2.05) is 29.6 Å². The zero-order valence-corrected chi connectivity index (χ0v) is 14.9. The van der Waals surface area contributed by atoms with Crippen LogP contribution in [0.15, 0.2) is 35.7 Å². The lowest BCUT2D eigenvalue weighted by Gasteiger charge is -2.17. The molecule has 0 spiro atoms. The first-order valence-electron chi connectivity index (χ1n) is 8.55. The summed E-state index contributed by atoms with van der Waals surface area (Å²) in [5, 5.41) is 7.83. The van der Waals surface area contributed by atoms with Crippen LogP contribution in [0.3, 0.4) is 0 Å². The normalized spacial score (nSPS) is 13.0. The van der Waals surface area contributed by atoms with Crippen molar-refractivity contribution < 1.29 is 14.3 Å². The molecule has 1 aromatic carbocycles. The number of benzene rings is 1. The van der Waals surface area contributed by atoms with Crippen LogP contribution in [-0.2, 0) is 22.4 Å². The second-order valence-corrected chi connectivity index (χ2v) is 7.03. The molecule has 2 aromatic rings. The van der Waals surface area contributed by atoms with Crippen LogP contribution in [0, 0.1) is 0 Å². The number of carbonyl (C=O) groups excluding carboxylic acids is 2. The molecule has 1 aromatic heterocycles. The number of aryl methyl sites for hydroxylation is 1. The van der Waals surface area contributed by atoms with Gasteiger partial charge in [0.2, 0.25) is 11.8 Å². The van der Waals surface area contributed by atoms with E-state index in [0.717, 1.165) is 29.8 Å². The number of fused-ring (bicyclic) bond motifs is 1. The van der Waals surface area contributed by atoms with E-state index < -0.39 is 0 Å². The van der Waals surface area contributed by atoms with Crippen LogP contribution in [0.25, 0.3) is 0 Å². The van der Waals surface area contributed by atoms with Crippen molar-refractivity contribution in [2.45, 2.75) is 32.1 Å². The summed E-state index contributed by atoms with van der Waals surface area (Å²) < 4.78 is 5.72. The minimum atomic E-state index is 0.0614. The van der Waals surface area contributed by atoms with Gasteiger partial charge in [-0.05, 0) is 54.5 Å². The Hall–Kier alpha value is -2.34. The molecule has 0 radical (unpaired) electrons. The third-order valence-corrected chi connectivity index (χ3v) is 5.00. The highest BCUT2D eigenvalue weighted by Crippen LogP contribution is 2.26. The van der Waals surface area contributed by atoms with Crippen LogP contribution in [-0.4, -0.2) is 25.0 Å². The Kier molecular flexibility index (Phi) is 6.06. The average molecular weight is 358 g/mol. The average Bonchev–Trinajstić information content (AvgIpc) is 3.12. The molecule has 1 aliphatic rings. The molecule has 0 saturated carbocycles. The highest BCUT2D eigenvalue weighted by molar-refractivity contribution is 7.09. The topological polar surface area (TPSA) is 67.4 Å². The molecule has 0 saturated heterocycles. The van der Waals surface area contributed by atoms with Gasteiger partial charge >= 0.3 is 0 Å². The molecule has 132 valence electrons. The maximum absolute atomic E-state index is 11.8. The number of hydrogen-bond donors (Lipinski definition) is 2. The summed E-state index contributed by atoms with van der Waals surface area (Å²) in [6.07, 6.45) is 3.28. The number of ether oxygens (including phenoxy) is 1. The first-order chi connectivity index (χ1) is 12.2. The molecule has 2 heterocycles. The monoisotopic (exact) mass is 358 g/mol. The van der Waals surface area contributed by atoms with Gasteiger partial charge in [0.15, 0.2) is 0 Å². The lowest BCUT2D eigenvalue weighted by atomic mass is 10.0. The van der Waals surface area contributed by atoms with Crippen LogP contribution in [0.5, 0.6) is 5.75 Å². The van der Waals surface area contributed by atoms with Crippen LogP contribution < -0.4 is 15.4 Å². The molecule has 25 heavy (non-hydrogen) atoms. The molecule has 2 amide bonds.